The molecule has 0 saturated carbocycles. The number of ether oxygens (including phenoxy) is 2. The summed E-state index contributed by atoms with van der Waals surface area (Å²) in [6.45, 7) is 0. The molecule has 0 bridgehead atoms. The van der Waals surface area contributed by atoms with Gasteiger partial charge in [-0.25, -0.2) is 0 Å². The second-order valence-electron chi connectivity index (χ2n) is 5.49. The highest BCUT2D eigenvalue weighted by molar-refractivity contribution is 7.81. The SMILES string of the molecule is COc1ccc(-c2noc(CCCCC(S)CCS)n2)cc1OC. The number of rotatable bonds is 10. The smallest absolute Gasteiger partial charge is 0.226 e. The molecular formula is C17H24N2O3S2. The van der Waals surface area contributed by atoms with E-state index in [-0.39, 0.29) is 0 Å². The predicted molar refractivity (Wildman–Crippen MR) is 102 cm³/mol. The van der Waals surface area contributed by atoms with E-state index in [1.165, 1.54) is 0 Å². The Bertz CT molecular complexity index is 634. The lowest BCUT2D eigenvalue weighted by Crippen LogP contribution is -1.99. The van der Waals surface area contributed by atoms with Crippen molar-refractivity contribution in [1.82, 2.24) is 10.1 Å². The zero-order chi connectivity index (χ0) is 17.4. The van der Waals surface area contributed by atoms with Crippen molar-refractivity contribution in [2.24, 2.45) is 0 Å². The van der Waals surface area contributed by atoms with Crippen LogP contribution < -0.4 is 9.47 Å². The summed E-state index contributed by atoms with van der Waals surface area (Å²) in [5.74, 6) is 3.42. The highest BCUT2D eigenvalue weighted by Crippen LogP contribution is 2.31. The van der Waals surface area contributed by atoms with Crippen LogP contribution in [0.5, 0.6) is 11.5 Å². The number of thiol groups is 2. The largest absolute Gasteiger partial charge is 0.493 e. The van der Waals surface area contributed by atoms with Crippen molar-refractivity contribution in [1.29, 1.82) is 0 Å². The van der Waals surface area contributed by atoms with E-state index in [9.17, 15) is 0 Å². The van der Waals surface area contributed by atoms with Gasteiger partial charge in [-0.2, -0.15) is 30.2 Å². The molecule has 0 spiro atoms. The molecular weight excluding hydrogens is 344 g/mol. The van der Waals surface area contributed by atoms with Crippen molar-refractivity contribution >= 4 is 25.3 Å². The minimum absolute atomic E-state index is 0.424. The highest BCUT2D eigenvalue weighted by Gasteiger charge is 2.12. The maximum Gasteiger partial charge on any atom is 0.226 e. The number of benzene rings is 1. The molecule has 132 valence electrons. The Hall–Kier alpha value is -1.34. The van der Waals surface area contributed by atoms with Gasteiger partial charge in [-0.3, -0.25) is 0 Å². The average Bonchev–Trinajstić information content (AvgIpc) is 3.07. The number of methoxy groups -OCH3 is 2. The standard InChI is InChI=1S/C17H24N2O3S2/c1-20-14-8-7-12(11-15(14)21-2)17-18-16(22-19-17)6-4-3-5-13(24)9-10-23/h7-8,11,13,23-24H,3-6,9-10H2,1-2H3. The van der Waals surface area contributed by atoms with Crippen LogP contribution in [0, 0.1) is 0 Å². The fraction of sp³-hybridized carbons (Fsp3) is 0.529. The number of unbranched alkanes of at least 4 members (excludes halogenated alkanes) is 1. The third kappa shape index (κ3) is 5.34. The quantitative estimate of drug-likeness (QED) is 0.489. The molecule has 2 aromatic rings. The molecule has 2 rings (SSSR count). The van der Waals surface area contributed by atoms with Gasteiger partial charge in [-0.05, 0) is 43.2 Å². The van der Waals surface area contributed by atoms with Gasteiger partial charge in [0.2, 0.25) is 11.7 Å². The minimum Gasteiger partial charge on any atom is -0.493 e. The number of aromatic nitrogens is 2. The number of hydrogen-bond donors (Lipinski definition) is 2. The van der Waals surface area contributed by atoms with Gasteiger partial charge in [0.25, 0.3) is 0 Å². The summed E-state index contributed by atoms with van der Waals surface area (Å²) in [6.07, 6.45) is 5.01. The first-order valence-corrected chi connectivity index (χ1v) is 9.16. The van der Waals surface area contributed by atoms with Crippen molar-refractivity contribution in [2.45, 2.75) is 37.4 Å². The van der Waals surface area contributed by atoms with Gasteiger partial charge in [-0.15, -0.1) is 0 Å². The molecule has 1 atom stereocenters. The number of nitrogens with zero attached hydrogens (tertiary/aromatic N) is 2. The summed E-state index contributed by atoms with van der Waals surface area (Å²) < 4.78 is 15.9. The van der Waals surface area contributed by atoms with E-state index in [4.69, 9.17) is 14.0 Å². The maximum atomic E-state index is 5.34. The second-order valence-corrected chi connectivity index (χ2v) is 6.67. The van der Waals surface area contributed by atoms with E-state index in [1.807, 2.05) is 18.2 Å². The highest BCUT2D eigenvalue weighted by atomic mass is 32.1. The predicted octanol–water partition coefficient (Wildman–Crippen LogP) is 4.08. The lowest BCUT2D eigenvalue weighted by Gasteiger charge is -2.07. The fourth-order valence-electron chi connectivity index (χ4n) is 2.40. The Labute approximate surface area is 153 Å². The molecule has 0 aliphatic heterocycles. The zero-order valence-electron chi connectivity index (χ0n) is 14.1. The molecule has 24 heavy (non-hydrogen) atoms. The molecule has 0 amide bonds. The van der Waals surface area contributed by atoms with E-state index in [2.05, 4.69) is 35.4 Å². The van der Waals surface area contributed by atoms with Crippen molar-refractivity contribution in [2.75, 3.05) is 20.0 Å². The van der Waals surface area contributed by atoms with E-state index in [0.29, 0.717) is 28.5 Å². The molecule has 1 aromatic carbocycles. The van der Waals surface area contributed by atoms with Crippen molar-refractivity contribution in [3.63, 3.8) is 0 Å². The van der Waals surface area contributed by atoms with Gasteiger partial charge in [-0.1, -0.05) is 11.6 Å². The Balaban J connectivity index is 1.91. The van der Waals surface area contributed by atoms with Crippen LogP contribution in [0.4, 0.5) is 0 Å². The minimum atomic E-state index is 0.424. The molecule has 0 aliphatic carbocycles. The zero-order valence-corrected chi connectivity index (χ0v) is 15.9. The monoisotopic (exact) mass is 368 g/mol. The molecule has 0 aliphatic rings. The molecule has 1 aromatic heterocycles. The van der Waals surface area contributed by atoms with Crippen LogP contribution in [-0.2, 0) is 6.42 Å². The first-order chi connectivity index (χ1) is 11.7. The summed E-state index contributed by atoms with van der Waals surface area (Å²) in [5.41, 5.74) is 0.840. The van der Waals surface area contributed by atoms with Crippen LogP contribution in [0.15, 0.2) is 22.7 Å². The first kappa shape index (κ1) is 19.0. The van der Waals surface area contributed by atoms with Crippen molar-refractivity contribution < 1.29 is 14.0 Å². The Kier molecular flexibility index (Phi) is 7.78. The summed E-state index contributed by atoms with van der Waals surface area (Å²) in [7, 11) is 3.21. The van der Waals surface area contributed by atoms with Crippen LogP contribution in [0.1, 0.15) is 31.6 Å². The van der Waals surface area contributed by atoms with Crippen LogP contribution >= 0.6 is 25.3 Å². The van der Waals surface area contributed by atoms with Gasteiger partial charge in [0, 0.05) is 17.2 Å². The molecule has 1 heterocycles. The third-order valence-electron chi connectivity index (χ3n) is 3.75. The van der Waals surface area contributed by atoms with E-state index in [0.717, 1.165) is 43.4 Å². The molecule has 0 saturated heterocycles. The average molecular weight is 369 g/mol. The molecule has 0 radical (unpaired) electrons. The van der Waals surface area contributed by atoms with E-state index < -0.39 is 0 Å². The van der Waals surface area contributed by atoms with E-state index >= 15 is 0 Å². The Morgan fingerprint density at radius 2 is 1.92 bits per heavy atom. The van der Waals surface area contributed by atoms with E-state index in [1.54, 1.807) is 14.2 Å². The maximum absolute atomic E-state index is 5.34. The summed E-state index contributed by atoms with van der Waals surface area (Å²) >= 11 is 8.76. The summed E-state index contributed by atoms with van der Waals surface area (Å²) in [5, 5.41) is 4.48. The van der Waals surface area contributed by atoms with Gasteiger partial charge < -0.3 is 14.0 Å². The van der Waals surface area contributed by atoms with Crippen LogP contribution in [-0.4, -0.2) is 35.4 Å². The van der Waals surface area contributed by atoms with Gasteiger partial charge in [0.1, 0.15) is 0 Å². The molecule has 5 nitrogen and oxygen atoms in total. The van der Waals surface area contributed by atoms with Gasteiger partial charge in [0.05, 0.1) is 14.2 Å². The number of aryl methyl sites for hydroxylation is 1. The lowest BCUT2D eigenvalue weighted by molar-refractivity contribution is 0.355. The topological polar surface area (TPSA) is 57.4 Å². The summed E-state index contributed by atoms with van der Waals surface area (Å²) in [4.78, 5) is 4.46. The second kappa shape index (κ2) is 9.84. The lowest BCUT2D eigenvalue weighted by atomic mass is 10.1. The Morgan fingerprint density at radius 1 is 1.12 bits per heavy atom. The Morgan fingerprint density at radius 3 is 2.62 bits per heavy atom. The fourth-order valence-corrected chi connectivity index (χ4v) is 3.23. The summed E-state index contributed by atoms with van der Waals surface area (Å²) in [6, 6.07) is 5.56. The molecule has 1 unspecified atom stereocenters. The molecule has 7 heteroatoms. The molecule has 0 fully saturated rings. The molecule has 0 N–H and O–H groups in total. The third-order valence-corrected chi connectivity index (χ3v) is 4.52. The van der Waals surface area contributed by atoms with Crippen LogP contribution in [0.2, 0.25) is 0 Å². The van der Waals surface area contributed by atoms with Gasteiger partial charge in [0.15, 0.2) is 11.5 Å². The van der Waals surface area contributed by atoms with Crippen LogP contribution in [0.3, 0.4) is 0 Å². The van der Waals surface area contributed by atoms with Crippen molar-refractivity contribution in [3.05, 3.63) is 24.1 Å². The first-order valence-electron chi connectivity index (χ1n) is 8.01. The van der Waals surface area contributed by atoms with Crippen molar-refractivity contribution in [3.8, 4) is 22.9 Å². The van der Waals surface area contributed by atoms with Gasteiger partial charge >= 0.3 is 0 Å². The normalized spacial score (nSPS) is 12.2. The van der Waals surface area contributed by atoms with Crippen LogP contribution in [0.25, 0.3) is 11.4 Å². The number of hydrogen-bond acceptors (Lipinski definition) is 7.